The maximum atomic E-state index is 13.5. The Balaban J connectivity index is 2.90. The van der Waals surface area contributed by atoms with Crippen LogP contribution in [-0.2, 0) is 60.1 Å². The molecule has 1 amide bonds. The minimum absolute atomic E-state index is 0.0550. The number of hydrogen-bond donors (Lipinski definition) is 1. The molecule has 14 nitrogen and oxygen atoms in total. The van der Waals surface area contributed by atoms with Crippen LogP contribution in [-0.4, -0.2) is 139 Å². The van der Waals surface area contributed by atoms with E-state index in [4.69, 9.17) is 55.3 Å². The van der Waals surface area contributed by atoms with Gasteiger partial charge < -0.3 is 60.6 Å². The molecule has 0 aromatic carbocycles. The van der Waals surface area contributed by atoms with Crippen molar-refractivity contribution in [3.05, 3.63) is 0 Å². The van der Waals surface area contributed by atoms with Crippen molar-refractivity contribution in [1.82, 2.24) is 5.32 Å². The fourth-order valence-corrected chi connectivity index (χ4v) is 7.87. The molecular formula is C28H60NO13P3Si. The molecule has 0 bridgehead atoms. The van der Waals surface area contributed by atoms with Crippen LogP contribution in [0.2, 0.25) is 6.04 Å². The molecule has 0 aromatic heterocycles. The predicted octanol–water partition coefficient (Wildman–Crippen LogP) is 2.58. The summed E-state index contributed by atoms with van der Waals surface area (Å²) < 4.78 is 68.4. The van der Waals surface area contributed by atoms with Crippen LogP contribution < -0.4 is 5.32 Å². The van der Waals surface area contributed by atoms with Crippen LogP contribution in [0.3, 0.4) is 0 Å². The number of carbonyl (C=O) groups is 1. The van der Waals surface area contributed by atoms with E-state index in [1.165, 1.54) is 0 Å². The molecule has 1 saturated carbocycles. The maximum absolute atomic E-state index is 13.5. The van der Waals surface area contributed by atoms with Gasteiger partial charge in [0.15, 0.2) is 0 Å². The van der Waals surface area contributed by atoms with Gasteiger partial charge in [0, 0.05) is 66.7 Å². The minimum atomic E-state index is -2.78. The summed E-state index contributed by atoms with van der Waals surface area (Å²) in [6, 6.07) is 0.621. The van der Waals surface area contributed by atoms with E-state index in [-0.39, 0.29) is 11.8 Å². The van der Waals surface area contributed by atoms with Crippen LogP contribution in [0.25, 0.3) is 0 Å². The van der Waals surface area contributed by atoms with Crippen molar-refractivity contribution in [2.45, 2.75) is 64.4 Å². The van der Waals surface area contributed by atoms with Gasteiger partial charge in [-0.25, -0.2) is 0 Å². The Morgan fingerprint density at radius 1 is 0.630 bits per heavy atom. The molecule has 0 saturated heterocycles. The van der Waals surface area contributed by atoms with Crippen LogP contribution in [0, 0.1) is 5.92 Å². The van der Waals surface area contributed by atoms with Crippen molar-refractivity contribution in [2.75, 3.05) is 106 Å². The zero-order valence-corrected chi connectivity index (χ0v) is 32.5. The third kappa shape index (κ3) is 20.2. The van der Waals surface area contributed by atoms with Crippen LogP contribution in [0.15, 0.2) is 0 Å². The van der Waals surface area contributed by atoms with Gasteiger partial charge in [0.05, 0.1) is 91.5 Å². The van der Waals surface area contributed by atoms with Crippen LogP contribution >= 0.6 is 28.4 Å². The lowest BCUT2D eigenvalue weighted by molar-refractivity contribution is -0.182. The second-order valence-electron chi connectivity index (χ2n) is 10.1. The summed E-state index contributed by atoms with van der Waals surface area (Å²) in [6.07, 6.45) is 0.423. The van der Waals surface area contributed by atoms with Gasteiger partial charge in [-0.1, -0.05) is 0 Å². The first-order valence-corrected chi connectivity index (χ1v) is 19.6. The van der Waals surface area contributed by atoms with Gasteiger partial charge in [0.2, 0.25) is 5.91 Å². The van der Waals surface area contributed by atoms with E-state index in [9.17, 15) is 4.79 Å². The highest BCUT2D eigenvalue weighted by Crippen LogP contribution is 2.32. The van der Waals surface area contributed by atoms with Gasteiger partial charge >= 0.3 is 8.80 Å². The largest absolute Gasteiger partial charge is 0.500 e. The highest BCUT2D eigenvalue weighted by Gasteiger charge is 2.43. The van der Waals surface area contributed by atoms with Gasteiger partial charge in [-0.2, -0.15) is 0 Å². The second kappa shape index (κ2) is 30.3. The summed E-state index contributed by atoms with van der Waals surface area (Å²) in [5.41, 5.74) is 0. The van der Waals surface area contributed by atoms with Gasteiger partial charge in [-0.3, -0.25) is 4.79 Å². The van der Waals surface area contributed by atoms with E-state index in [1.54, 1.807) is 0 Å². The molecule has 1 aliphatic carbocycles. The average molecular weight is 740 g/mol. The third-order valence-electron chi connectivity index (χ3n) is 6.88. The topological polar surface area (TPSA) is 140 Å². The SMILES string of the molecule is CCO[Si](CCCNC(=O)C1CC(OCCOCCOP)C(OCCOCCOP)C(OCCOCCOP)C1)(OCC)OCC. The predicted molar refractivity (Wildman–Crippen MR) is 184 cm³/mol. The zero-order chi connectivity index (χ0) is 33.7. The van der Waals surface area contributed by atoms with Crippen LogP contribution in [0.4, 0.5) is 0 Å². The molecule has 0 spiro atoms. The number of hydrogen-bond acceptors (Lipinski definition) is 13. The average Bonchev–Trinajstić information content (AvgIpc) is 3.05. The third-order valence-corrected chi connectivity index (χ3v) is 10.7. The summed E-state index contributed by atoms with van der Waals surface area (Å²) in [7, 11) is 3.82. The molecule has 46 heavy (non-hydrogen) atoms. The van der Waals surface area contributed by atoms with E-state index >= 15 is 0 Å². The lowest BCUT2D eigenvalue weighted by Crippen LogP contribution is -2.52. The molecule has 5 unspecified atom stereocenters. The Kier molecular flexibility index (Phi) is 29.4. The monoisotopic (exact) mass is 739 g/mol. The Morgan fingerprint density at radius 2 is 1.04 bits per heavy atom. The summed E-state index contributed by atoms with van der Waals surface area (Å²) in [4.78, 5) is 13.5. The van der Waals surface area contributed by atoms with Crippen molar-refractivity contribution in [3.63, 3.8) is 0 Å². The van der Waals surface area contributed by atoms with Crippen molar-refractivity contribution in [2.24, 2.45) is 5.92 Å². The summed E-state index contributed by atoms with van der Waals surface area (Å²) in [6.45, 7) is 12.7. The van der Waals surface area contributed by atoms with Crippen molar-refractivity contribution < 1.29 is 60.1 Å². The maximum Gasteiger partial charge on any atom is 0.500 e. The second-order valence-corrected chi connectivity index (χ2v) is 13.9. The summed E-state index contributed by atoms with van der Waals surface area (Å²) in [5.74, 6) is -0.392. The van der Waals surface area contributed by atoms with Crippen LogP contribution in [0.5, 0.6) is 0 Å². The highest BCUT2D eigenvalue weighted by molar-refractivity contribution is 7.10. The number of amides is 1. The van der Waals surface area contributed by atoms with Crippen molar-refractivity contribution in [1.29, 1.82) is 0 Å². The van der Waals surface area contributed by atoms with Crippen molar-refractivity contribution >= 4 is 43.1 Å². The Morgan fingerprint density at radius 3 is 1.46 bits per heavy atom. The lowest BCUT2D eigenvalue weighted by atomic mass is 9.82. The quantitative estimate of drug-likeness (QED) is 0.0615. The van der Waals surface area contributed by atoms with Gasteiger partial charge in [0.25, 0.3) is 0 Å². The van der Waals surface area contributed by atoms with Gasteiger partial charge in [-0.15, -0.1) is 0 Å². The zero-order valence-electron chi connectivity index (χ0n) is 28.0. The normalized spacial score (nSPS) is 20.3. The summed E-state index contributed by atoms with van der Waals surface area (Å²) >= 11 is 0. The summed E-state index contributed by atoms with van der Waals surface area (Å²) in [5, 5.41) is 3.11. The first-order valence-electron chi connectivity index (χ1n) is 16.2. The molecule has 274 valence electrons. The van der Waals surface area contributed by atoms with Crippen molar-refractivity contribution in [3.8, 4) is 0 Å². The fraction of sp³-hybridized carbons (Fsp3) is 0.964. The van der Waals surface area contributed by atoms with Crippen LogP contribution in [0.1, 0.15) is 40.0 Å². The first-order chi connectivity index (χ1) is 22.5. The molecule has 0 aliphatic heterocycles. The number of ether oxygens (including phenoxy) is 6. The van der Waals surface area contributed by atoms with E-state index in [2.05, 4.69) is 33.7 Å². The van der Waals surface area contributed by atoms with Gasteiger partial charge in [-0.05, 0) is 40.0 Å². The molecule has 1 rings (SSSR count). The molecule has 18 heteroatoms. The lowest BCUT2D eigenvalue weighted by Gasteiger charge is -2.40. The molecule has 1 N–H and O–H groups in total. The number of carbonyl (C=O) groups excluding carboxylic acids is 1. The molecular weight excluding hydrogens is 679 g/mol. The fourth-order valence-electron chi connectivity index (χ4n) is 4.97. The Labute approximate surface area is 284 Å². The smallest absolute Gasteiger partial charge is 0.377 e. The standard InChI is InChI=1S/C28H60NO13P3Si/c1-4-40-46(41-5-2,42-6-3)21-7-8-29-28(30)24-22-25(34-15-9-31-12-18-37-43)27(36-17-11-33-14-20-39-45)26(23-24)35-16-10-32-13-19-38-44/h24-27H,4-23,43-45H2,1-3H3,(H,29,30). The number of nitrogens with one attached hydrogen (secondary N) is 1. The van der Waals surface area contributed by atoms with E-state index in [1.807, 2.05) is 20.8 Å². The number of rotatable bonds is 32. The van der Waals surface area contributed by atoms with E-state index in [0.29, 0.717) is 131 Å². The Hall–Kier alpha value is 0.497. The molecule has 0 aromatic rings. The minimum Gasteiger partial charge on any atom is -0.377 e. The molecule has 1 fully saturated rings. The molecule has 5 atom stereocenters. The molecule has 1 aliphatic rings. The van der Waals surface area contributed by atoms with E-state index in [0.717, 1.165) is 0 Å². The molecule has 0 heterocycles. The first kappa shape index (κ1) is 44.5. The van der Waals surface area contributed by atoms with E-state index < -0.39 is 27.1 Å². The van der Waals surface area contributed by atoms with Gasteiger partial charge in [0.1, 0.15) is 6.10 Å². The molecule has 0 radical (unpaired) electrons. The Bertz CT molecular complexity index is 683. The highest BCUT2D eigenvalue weighted by atomic mass is 31.0.